The Bertz CT molecular complexity index is 4250. The van der Waals surface area contributed by atoms with Crippen LogP contribution in [0.5, 0.6) is 23.0 Å². The summed E-state index contributed by atoms with van der Waals surface area (Å²) >= 11 is 0. The molecular weight excluding hydrogens is 1080 g/mol. The Balaban J connectivity index is 1.24. The van der Waals surface area contributed by atoms with Gasteiger partial charge in [-0.15, -0.1) is 0 Å². The third kappa shape index (κ3) is 9.75. The van der Waals surface area contributed by atoms with Crippen molar-refractivity contribution < 1.29 is 18.9 Å². The zero-order valence-corrected chi connectivity index (χ0v) is 48.9. The molecule has 428 valence electrons. The van der Waals surface area contributed by atoms with Crippen LogP contribution in [0.3, 0.4) is 0 Å². The molecule has 0 aliphatic carbocycles. The summed E-state index contributed by atoms with van der Waals surface area (Å²) in [6.07, 6.45) is 1.47. The van der Waals surface area contributed by atoms with Crippen LogP contribution >= 0.6 is 9.04 Å². The van der Waals surface area contributed by atoms with Crippen LogP contribution in [-0.2, 0) is 0 Å². The summed E-state index contributed by atoms with van der Waals surface area (Å²) in [5, 5.41) is 3.29. The Labute approximate surface area is 492 Å². The fourth-order valence-corrected chi connectivity index (χ4v) is 18.4. The monoisotopic (exact) mass is 1150 g/mol. The normalized spacial score (nSPS) is 12.6. The molecule has 16 nitrogen and oxygen atoms in total. The predicted octanol–water partition coefficient (Wildman–Crippen LogP) is 16.6. The van der Waals surface area contributed by atoms with Crippen molar-refractivity contribution in [1.82, 2.24) is 39.9 Å². The molecule has 0 saturated carbocycles. The molecule has 0 radical (unpaired) electrons. The summed E-state index contributed by atoms with van der Waals surface area (Å²) in [4.78, 5) is 40.7. The molecule has 8 aromatic carbocycles. The summed E-state index contributed by atoms with van der Waals surface area (Å²) in [6.45, 7) is 12.2. The van der Waals surface area contributed by atoms with Crippen molar-refractivity contribution in [3.8, 4) is 68.5 Å². The topological polar surface area (TPSA) is 194 Å². The quantitative estimate of drug-likeness (QED) is 0.0422. The maximum absolute atomic E-state index is 6.11. The number of aromatic amines is 2. The number of aromatic nitrogens is 8. The van der Waals surface area contributed by atoms with Gasteiger partial charge in [0.15, 0.2) is 23.3 Å². The minimum atomic E-state index is -5.38. The van der Waals surface area contributed by atoms with Gasteiger partial charge >= 0.3 is 0 Å². The van der Waals surface area contributed by atoms with Crippen molar-refractivity contribution >= 4 is 75.9 Å². The fraction of sp³-hybridized carbons (Fsp3) is 0.176. The number of hydrogen-bond acceptors (Lipinski definition) is 14. The molecule has 17 heteroatoms. The van der Waals surface area contributed by atoms with Crippen LogP contribution in [0.4, 0.5) is 22.7 Å². The molecule has 0 amide bonds. The zero-order chi connectivity index (χ0) is 58.0. The van der Waals surface area contributed by atoms with Crippen LogP contribution in [-0.4, -0.2) is 72.1 Å². The predicted molar refractivity (Wildman–Crippen MR) is 347 cm³/mol. The number of unbranched alkanes of at least 4 members (excludes halogenated alkanes) is 1. The molecule has 11 aromatic rings. The van der Waals surface area contributed by atoms with Crippen molar-refractivity contribution in [2.75, 3.05) is 51.1 Å². The Hall–Kier alpha value is -10.1. The Morgan fingerprint density at radius 1 is 0.341 bits per heavy atom. The van der Waals surface area contributed by atoms with Crippen LogP contribution in [0, 0.1) is 0 Å². The molecule has 85 heavy (non-hydrogen) atoms. The average Bonchev–Trinajstić information content (AvgIpc) is 1.46. The third-order valence-corrected chi connectivity index (χ3v) is 21.4. The molecule has 8 bridgehead atoms. The Kier molecular flexibility index (Phi) is 13.9. The second-order valence-corrected chi connectivity index (χ2v) is 26.1. The van der Waals surface area contributed by atoms with Gasteiger partial charge in [0.1, 0.15) is 45.6 Å². The highest BCUT2D eigenvalue weighted by molar-refractivity contribution is 8.68. The first-order chi connectivity index (χ1) is 41.6. The number of ether oxygens (including phenoxy) is 4. The first-order valence-corrected chi connectivity index (χ1v) is 31.6. The molecule has 3 aromatic heterocycles. The van der Waals surface area contributed by atoms with Crippen molar-refractivity contribution in [3.05, 3.63) is 188 Å². The first kappa shape index (κ1) is 54.1. The SMILES string of the molecule is CCCCS(Nc1ccc(OCC)cc1)(Nc1ccc(OCC)cc1)(Nc1ccc(OCC)cc1)(Nc1ccc(OCC)cc1)c1cccc2c3nc4nc(nc5[nH]c(nc6nc(nc([nH]3)c12)-c1ccccc1-6)c1ccccc51)-c1ccccc1-4. The lowest BCUT2D eigenvalue weighted by Crippen LogP contribution is -2.62. The molecular formula is C68H66N12O4S. The number of H-pyrrole nitrogens is 2. The van der Waals surface area contributed by atoms with Gasteiger partial charge in [0.2, 0.25) is 0 Å². The van der Waals surface area contributed by atoms with Crippen molar-refractivity contribution in [2.45, 2.75) is 52.4 Å². The van der Waals surface area contributed by atoms with Crippen molar-refractivity contribution in [1.29, 1.82) is 0 Å². The molecule has 13 rings (SSSR count). The molecule has 0 saturated heterocycles. The minimum Gasteiger partial charge on any atom is -0.494 e. The fourth-order valence-electron chi connectivity index (χ4n) is 11.7. The lowest BCUT2D eigenvalue weighted by Gasteiger charge is -2.82. The maximum atomic E-state index is 6.11. The van der Waals surface area contributed by atoms with Gasteiger partial charge in [-0.3, -0.25) is 0 Å². The number of benzene rings is 8. The molecule has 5 heterocycles. The van der Waals surface area contributed by atoms with E-state index in [2.05, 4.69) is 103 Å². The van der Waals surface area contributed by atoms with E-state index >= 15 is 0 Å². The molecule has 6 N–H and O–H groups in total. The van der Waals surface area contributed by atoms with E-state index in [1.807, 2.05) is 149 Å². The van der Waals surface area contributed by atoms with Crippen LogP contribution in [0.15, 0.2) is 193 Å². The second kappa shape index (κ2) is 21.9. The molecule has 2 aliphatic heterocycles. The number of anilines is 4. The van der Waals surface area contributed by atoms with E-state index in [0.29, 0.717) is 84.5 Å². The van der Waals surface area contributed by atoms with Gasteiger partial charge in [-0.05, 0) is 146 Å². The number of nitrogens with one attached hydrogen (secondary N) is 6. The van der Waals surface area contributed by atoms with E-state index in [-0.39, 0.29) is 0 Å². The van der Waals surface area contributed by atoms with Gasteiger partial charge < -0.3 is 47.8 Å². The second-order valence-electron chi connectivity index (χ2n) is 21.0. The largest absolute Gasteiger partial charge is 0.494 e. The molecule has 0 atom stereocenters. The van der Waals surface area contributed by atoms with Gasteiger partial charge in [0.25, 0.3) is 0 Å². The number of nitrogens with zero attached hydrogens (tertiary/aromatic N) is 6. The number of fused-ring (bicyclic) bond motifs is 20. The summed E-state index contributed by atoms with van der Waals surface area (Å²) < 4.78 is 42.2. The van der Waals surface area contributed by atoms with E-state index in [1.165, 1.54) is 0 Å². The van der Waals surface area contributed by atoms with E-state index in [1.54, 1.807) is 0 Å². The number of rotatable bonds is 20. The molecule has 0 fully saturated rings. The van der Waals surface area contributed by atoms with Crippen LogP contribution in [0.2, 0.25) is 0 Å². The molecule has 0 spiro atoms. The van der Waals surface area contributed by atoms with Crippen LogP contribution < -0.4 is 37.8 Å². The van der Waals surface area contributed by atoms with Gasteiger partial charge in [0, 0.05) is 72.3 Å². The van der Waals surface area contributed by atoms with Gasteiger partial charge in [-0.25, -0.2) is 29.9 Å². The lowest BCUT2D eigenvalue weighted by molar-refractivity contribution is 0.340. The molecule has 0 unspecified atom stereocenters. The third-order valence-electron chi connectivity index (χ3n) is 15.4. The minimum absolute atomic E-state index is 0.417. The van der Waals surface area contributed by atoms with E-state index < -0.39 is 9.04 Å². The summed E-state index contributed by atoms with van der Waals surface area (Å²) in [5.41, 5.74) is 8.67. The Morgan fingerprint density at radius 2 is 0.659 bits per heavy atom. The molecule has 2 aliphatic rings. The Morgan fingerprint density at radius 3 is 1.01 bits per heavy atom. The van der Waals surface area contributed by atoms with Crippen molar-refractivity contribution in [2.24, 2.45) is 0 Å². The standard InChI is InChI=1S/C68H66N12O4S/c1-6-11-43-85(77-44-27-35-48(36-28-44)81-7-2,78-45-29-37-49(38-30-45)82-8-3,79-46-31-39-50(40-32-46)83-9-4,80-47-33-41-51(42-34-47)84-10-5)59-26-18-25-58-60(59)68-75-66-57-24-17-16-23-56(57)64(73-66)71-62-53-20-13-12-19-52(53)61(69-62)70-63-54-21-14-15-22-55(54)65(72-63)74-67(58)76-68/h12-42,77-80H,6-11,43H2,1-5H3,(H2,69,70,71,72,73,74,75,76). The van der Waals surface area contributed by atoms with E-state index in [0.717, 1.165) is 101 Å². The average molecular weight is 1150 g/mol. The summed E-state index contributed by atoms with van der Waals surface area (Å²) in [6, 6.07) is 63.3. The first-order valence-electron chi connectivity index (χ1n) is 29.0. The number of hydrogen-bond donors (Lipinski definition) is 6. The smallest absolute Gasteiger partial charge is 0.164 e. The van der Waals surface area contributed by atoms with E-state index in [9.17, 15) is 0 Å². The van der Waals surface area contributed by atoms with Gasteiger partial charge in [0.05, 0.1) is 31.3 Å². The maximum Gasteiger partial charge on any atom is 0.164 e. The zero-order valence-electron chi connectivity index (χ0n) is 48.1. The van der Waals surface area contributed by atoms with E-state index in [4.69, 9.17) is 48.9 Å². The van der Waals surface area contributed by atoms with Gasteiger partial charge in [-0.2, -0.15) is 0 Å². The van der Waals surface area contributed by atoms with Crippen LogP contribution in [0.25, 0.3) is 89.7 Å². The van der Waals surface area contributed by atoms with Crippen molar-refractivity contribution in [3.63, 3.8) is 0 Å². The highest BCUT2D eigenvalue weighted by atomic mass is 32.4. The summed E-state index contributed by atoms with van der Waals surface area (Å²) in [5.74, 6) is 5.32. The highest BCUT2D eigenvalue weighted by Gasteiger charge is 2.62. The lowest BCUT2D eigenvalue weighted by atomic mass is 10.1. The van der Waals surface area contributed by atoms with Gasteiger partial charge in [-0.1, -0.05) is 98.3 Å². The highest BCUT2D eigenvalue weighted by Crippen LogP contribution is 2.91. The van der Waals surface area contributed by atoms with Crippen LogP contribution in [0.1, 0.15) is 47.5 Å². The summed E-state index contributed by atoms with van der Waals surface area (Å²) in [7, 11) is -5.38.